The summed E-state index contributed by atoms with van der Waals surface area (Å²) in [6.07, 6.45) is 1.67. The lowest BCUT2D eigenvalue weighted by molar-refractivity contribution is -0.113. The van der Waals surface area contributed by atoms with Crippen molar-refractivity contribution >= 4 is 51.8 Å². The highest BCUT2D eigenvalue weighted by Gasteiger charge is 2.06. The molecule has 3 N–H and O–H groups in total. The van der Waals surface area contributed by atoms with E-state index in [1.807, 2.05) is 31.2 Å². The Hall–Kier alpha value is -1.28. The number of nitrogens with two attached hydrogens (primary N) is 1. The van der Waals surface area contributed by atoms with Crippen LogP contribution in [0.15, 0.2) is 41.4 Å². The summed E-state index contributed by atoms with van der Waals surface area (Å²) < 4.78 is 1.15. The molecule has 0 radical (unpaired) electrons. The molecule has 0 saturated carbocycles. The second kappa shape index (κ2) is 6.94. The number of thioether (sulfide) groups is 1. The third-order valence-electron chi connectivity index (χ3n) is 2.59. The number of nitrogen functional groups attached to an aromatic ring is 1. The summed E-state index contributed by atoms with van der Waals surface area (Å²) in [6.45, 7) is 1.98. The summed E-state index contributed by atoms with van der Waals surface area (Å²) in [4.78, 5) is 16.8. The van der Waals surface area contributed by atoms with E-state index in [4.69, 9.17) is 5.73 Å². The second-order valence-electron chi connectivity index (χ2n) is 4.21. The highest BCUT2D eigenvalue weighted by atomic mass is 127. The number of nitrogens with zero attached hydrogens (tertiary/aromatic N) is 1. The van der Waals surface area contributed by atoms with Gasteiger partial charge < -0.3 is 11.1 Å². The van der Waals surface area contributed by atoms with Crippen LogP contribution in [-0.2, 0) is 4.79 Å². The first-order valence-electron chi connectivity index (χ1n) is 5.95. The fourth-order valence-electron chi connectivity index (χ4n) is 1.58. The third-order valence-corrected chi connectivity index (χ3v) is 4.24. The van der Waals surface area contributed by atoms with Crippen molar-refractivity contribution in [1.29, 1.82) is 0 Å². The summed E-state index contributed by atoms with van der Waals surface area (Å²) in [5.41, 5.74) is 7.43. The minimum Gasteiger partial charge on any atom is -0.384 e. The maximum atomic E-state index is 11.9. The first-order chi connectivity index (χ1) is 9.54. The number of pyridine rings is 1. The molecule has 0 saturated heterocycles. The molecule has 1 aromatic heterocycles. The van der Waals surface area contributed by atoms with Gasteiger partial charge in [-0.05, 0) is 65.4 Å². The monoisotopic (exact) mass is 399 g/mol. The SMILES string of the molecule is Cc1cc(I)ccc1NC(=O)CSc1ccc(N)nc1. The van der Waals surface area contributed by atoms with Gasteiger partial charge in [-0.3, -0.25) is 4.79 Å². The van der Waals surface area contributed by atoms with Crippen LogP contribution in [-0.4, -0.2) is 16.6 Å². The molecule has 0 bridgehead atoms. The number of aryl methyl sites for hydroxylation is 1. The van der Waals surface area contributed by atoms with Crippen molar-refractivity contribution in [1.82, 2.24) is 4.98 Å². The lowest BCUT2D eigenvalue weighted by atomic mass is 10.2. The number of benzene rings is 1. The summed E-state index contributed by atoms with van der Waals surface area (Å²) >= 11 is 3.68. The third kappa shape index (κ3) is 4.38. The molecule has 4 nitrogen and oxygen atoms in total. The zero-order valence-electron chi connectivity index (χ0n) is 10.9. The smallest absolute Gasteiger partial charge is 0.234 e. The van der Waals surface area contributed by atoms with Crippen LogP contribution >= 0.6 is 34.4 Å². The largest absolute Gasteiger partial charge is 0.384 e. The van der Waals surface area contributed by atoms with Gasteiger partial charge in [-0.1, -0.05) is 0 Å². The zero-order valence-corrected chi connectivity index (χ0v) is 13.9. The highest BCUT2D eigenvalue weighted by Crippen LogP contribution is 2.20. The van der Waals surface area contributed by atoms with Gasteiger partial charge >= 0.3 is 0 Å². The maximum Gasteiger partial charge on any atom is 0.234 e. The van der Waals surface area contributed by atoms with Crippen molar-refractivity contribution in [2.24, 2.45) is 0 Å². The topological polar surface area (TPSA) is 68.0 Å². The van der Waals surface area contributed by atoms with Gasteiger partial charge in [-0.25, -0.2) is 4.98 Å². The number of hydrogen-bond acceptors (Lipinski definition) is 4. The average molecular weight is 399 g/mol. The normalized spacial score (nSPS) is 10.3. The molecule has 0 aliphatic heterocycles. The fourth-order valence-corrected chi connectivity index (χ4v) is 2.89. The summed E-state index contributed by atoms with van der Waals surface area (Å²) in [6, 6.07) is 9.51. The second-order valence-corrected chi connectivity index (χ2v) is 6.51. The highest BCUT2D eigenvalue weighted by molar-refractivity contribution is 14.1. The number of hydrogen-bond donors (Lipinski definition) is 2. The van der Waals surface area contributed by atoms with Gasteiger partial charge in [0, 0.05) is 20.3 Å². The Balaban J connectivity index is 1.90. The number of amides is 1. The zero-order chi connectivity index (χ0) is 14.5. The molecule has 0 atom stereocenters. The average Bonchev–Trinajstić information content (AvgIpc) is 2.41. The van der Waals surface area contributed by atoms with Crippen LogP contribution in [0.1, 0.15) is 5.56 Å². The number of halogens is 1. The van der Waals surface area contributed by atoms with E-state index in [2.05, 4.69) is 32.9 Å². The molecule has 2 rings (SSSR count). The lowest BCUT2D eigenvalue weighted by Gasteiger charge is -2.08. The van der Waals surface area contributed by atoms with Crippen molar-refractivity contribution in [3.63, 3.8) is 0 Å². The van der Waals surface area contributed by atoms with Crippen molar-refractivity contribution in [2.75, 3.05) is 16.8 Å². The summed E-state index contributed by atoms with van der Waals surface area (Å²) in [7, 11) is 0. The Morgan fingerprint density at radius 1 is 1.40 bits per heavy atom. The van der Waals surface area contributed by atoms with E-state index in [1.54, 1.807) is 12.3 Å². The van der Waals surface area contributed by atoms with Crippen LogP contribution in [0.2, 0.25) is 0 Å². The standard InChI is InChI=1S/C14H14IN3OS/c1-9-6-10(15)2-4-12(9)18-14(19)8-20-11-3-5-13(16)17-7-11/h2-7H,8H2,1H3,(H2,16,17)(H,18,19). The van der Waals surface area contributed by atoms with E-state index in [-0.39, 0.29) is 5.91 Å². The molecule has 104 valence electrons. The molecule has 2 aromatic rings. The Bertz CT molecular complexity index is 616. The summed E-state index contributed by atoms with van der Waals surface area (Å²) in [5, 5.41) is 2.91. The number of anilines is 2. The quantitative estimate of drug-likeness (QED) is 0.612. The molecule has 6 heteroatoms. The van der Waals surface area contributed by atoms with Crippen LogP contribution in [0.3, 0.4) is 0 Å². The Labute approximate surface area is 135 Å². The van der Waals surface area contributed by atoms with Crippen LogP contribution < -0.4 is 11.1 Å². The van der Waals surface area contributed by atoms with Crippen molar-refractivity contribution in [3.8, 4) is 0 Å². The number of rotatable bonds is 4. The van der Waals surface area contributed by atoms with Crippen molar-refractivity contribution in [2.45, 2.75) is 11.8 Å². The van der Waals surface area contributed by atoms with Gasteiger partial charge in [0.1, 0.15) is 5.82 Å². The maximum absolute atomic E-state index is 11.9. The molecular formula is C14H14IN3OS. The van der Waals surface area contributed by atoms with Crippen LogP contribution in [0.5, 0.6) is 0 Å². The van der Waals surface area contributed by atoms with E-state index < -0.39 is 0 Å². The Morgan fingerprint density at radius 2 is 2.20 bits per heavy atom. The van der Waals surface area contributed by atoms with Crippen molar-refractivity contribution < 1.29 is 4.79 Å². The van der Waals surface area contributed by atoms with E-state index in [9.17, 15) is 4.79 Å². The molecule has 0 aliphatic rings. The lowest BCUT2D eigenvalue weighted by Crippen LogP contribution is -2.14. The molecule has 0 fully saturated rings. The Morgan fingerprint density at radius 3 is 2.85 bits per heavy atom. The van der Waals surface area contributed by atoms with E-state index in [1.165, 1.54) is 11.8 Å². The fraction of sp³-hybridized carbons (Fsp3) is 0.143. The molecule has 20 heavy (non-hydrogen) atoms. The predicted molar refractivity (Wildman–Crippen MR) is 91.9 cm³/mol. The first kappa shape index (κ1) is 15.1. The molecular weight excluding hydrogens is 385 g/mol. The van der Waals surface area contributed by atoms with E-state index in [0.717, 1.165) is 19.7 Å². The first-order valence-corrected chi connectivity index (χ1v) is 8.01. The van der Waals surface area contributed by atoms with Gasteiger partial charge in [-0.15, -0.1) is 11.8 Å². The van der Waals surface area contributed by atoms with Crippen molar-refractivity contribution in [3.05, 3.63) is 45.7 Å². The number of aromatic nitrogens is 1. The molecule has 0 spiro atoms. The predicted octanol–water partition coefficient (Wildman–Crippen LogP) is 3.31. The molecule has 1 aromatic carbocycles. The number of carbonyl (C=O) groups excluding carboxylic acids is 1. The van der Waals surface area contributed by atoms with Crippen LogP contribution in [0, 0.1) is 10.5 Å². The van der Waals surface area contributed by atoms with Crippen LogP contribution in [0.25, 0.3) is 0 Å². The Kier molecular flexibility index (Phi) is 5.24. The number of nitrogens with one attached hydrogen (secondary N) is 1. The van der Waals surface area contributed by atoms with Gasteiger partial charge in [0.05, 0.1) is 5.75 Å². The van der Waals surface area contributed by atoms with E-state index >= 15 is 0 Å². The summed E-state index contributed by atoms with van der Waals surface area (Å²) in [5.74, 6) is 0.793. The molecule has 0 unspecified atom stereocenters. The van der Waals surface area contributed by atoms with Gasteiger partial charge in [0.25, 0.3) is 0 Å². The number of carbonyl (C=O) groups is 1. The molecule has 0 aliphatic carbocycles. The van der Waals surface area contributed by atoms with E-state index in [0.29, 0.717) is 11.6 Å². The minimum absolute atomic E-state index is 0.0314. The van der Waals surface area contributed by atoms with Gasteiger partial charge in [-0.2, -0.15) is 0 Å². The minimum atomic E-state index is -0.0314. The van der Waals surface area contributed by atoms with Gasteiger partial charge in [0.15, 0.2) is 0 Å². The van der Waals surface area contributed by atoms with Crippen LogP contribution in [0.4, 0.5) is 11.5 Å². The van der Waals surface area contributed by atoms with Gasteiger partial charge in [0.2, 0.25) is 5.91 Å². The molecule has 1 heterocycles. The molecule has 1 amide bonds.